The lowest BCUT2D eigenvalue weighted by Gasteiger charge is -2.14. The Kier molecular flexibility index (Phi) is 7.08. The molecule has 0 saturated heterocycles. The summed E-state index contributed by atoms with van der Waals surface area (Å²) in [5.74, 6) is 0.635. The number of nitro benzene ring substituents is 1. The first-order chi connectivity index (χ1) is 14.6. The highest BCUT2D eigenvalue weighted by molar-refractivity contribution is 7.99. The van der Waals surface area contributed by atoms with Gasteiger partial charge in [0, 0.05) is 36.0 Å². The largest absolute Gasteiger partial charge is 0.317 e. The van der Waals surface area contributed by atoms with Gasteiger partial charge in [-0.2, -0.15) is 0 Å². The summed E-state index contributed by atoms with van der Waals surface area (Å²) in [6.45, 7) is 4.51. The van der Waals surface area contributed by atoms with E-state index in [4.69, 9.17) is 4.98 Å². The molecule has 164 valence electrons. The summed E-state index contributed by atoms with van der Waals surface area (Å²) in [4.78, 5) is 20.2. The zero-order valence-electron chi connectivity index (χ0n) is 17.3. The molecule has 1 aromatic carbocycles. The molecule has 1 N–H and O–H groups in total. The fourth-order valence-electron chi connectivity index (χ4n) is 2.92. The van der Waals surface area contributed by atoms with E-state index in [2.05, 4.69) is 9.71 Å². The van der Waals surface area contributed by atoms with Gasteiger partial charge in [0.15, 0.2) is 0 Å². The van der Waals surface area contributed by atoms with Crippen LogP contribution < -0.4 is 4.72 Å². The van der Waals surface area contributed by atoms with Gasteiger partial charge in [0.05, 0.1) is 23.4 Å². The molecule has 2 aromatic heterocycles. The third kappa shape index (κ3) is 6.12. The molecule has 3 rings (SSSR count). The standard InChI is InChI=1S/C20H23N5O4S2/c1-14(2)19-20(30-17-6-4-5-16(11-17)25(26)27)24(13-15-7-9-21-10-8-15)18(23-19)12-22-31(3,28)29/h4-11,14,22H,12-13H2,1-3H3. The van der Waals surface area contributed by atoms with Crippen molar-refractivity contribution in [2.24, 2.45) is 0 Å². The molecular formula is C20H23N5O4S2. The van der Waals surface area contributed by atoms with Gasteiger partial charge < -0.3 is 4.57 Å². The van der Waals surface area contributed by atoms with Gasteiger partial charge in [0.1, 0.15) is 10.9 Å². The second kappa shape index (κ2) is 9.58. The van der Waals surface area contributed by atoms with Crippen LogP contribution in [0, 0.1) is 10.1 Å². The number of hydrogen-bond acceptors (Lipinski definition) is 7. The van der Waals surface area contributed by atoms with E-state index in [0.29, 0.717) is 17.3 Å². The Balaban J connectivity index is 2.08. The first-order valence-electron chi connectivity index (χ1n) is 9.49. The molecule has 0 bridgehead atoms. The minimum Gasteiger partial charge on any atom is -0.317 e. The molecule has 0 aliphatic heterocycles. The highest BCUT2D eigenvalue weighted by Crippen LogP contribution is 2.36. The predicted octanol–water partition coefficient (Wildman–Crippen LogP) is 3.56. The van der Waals surface area contributed by atoms with Crippen LogP contribution in [0.3, 0.4) is 0 Å². The molecule has 0 aliphatic rings. The van der Waals surface area contributed by atoms with Gasteiger partial charge in [0.25, 0.3) is 5.69 Å². The number of pyridine rings is 1. The molecule has 31 heavy (non-hydrogen) atoms. The minimum atomic E-state index is -3.40. The van der Waals surface area contributed by atoms with E-state index in [1.165, 1.54) is 23.9 Å². The topological polar surface area (TPSA) is 120 Å². The van der Waals surface area contributed by atoms with Gasteiger partial charge in [-0.15, -0.1) is 0 Å². The summed E-state index contributed by atoms with van der Waals surface area (Å²) in [5.41, 5.74) is 1.79. The number of nitrogens with one attached hydrogen (secondary N) is 1. The zero-order chi connectivity index (χ0) is 22.6. The summed E-state index contributed by atoms with van der Waals surface area (Å²) in [6.07, 6.45) is 4.49. The molecule has 0 unspecified atom stereocenters. The van der Waals surface area contributed by atoms with Gasteiger partial charge in [-0.3, -0.25) is 15.1 Å². The van der Waals surface area contributed by atoms with Crippen molar-refractivity contribution in [2.75, 3.05) is 6.26 Å². The Hall–Kier alpha value is -2.76. The number of benzene rings is 1. The van der Waals surface area contributed by atoms with Crippen molar-refractivity contribution in [3.8, 4) is 0 Å². The maximum atomic E-state index is 11.7. The lowest BCUT2D eigenvalue weighted by molar-refractivity contribution is -0.385. The number of rotatable bonds is 9. The van der Waals surface area contributed by atoms with Crippen LogP contribution in [-0.4, -0.2) is 34.1 Å². The second-order valence-electron chi connectivity index (χ2n) is 7.26. The number of aromatic nitrogens is 3. The number of imidazole rings is 1. The Morgan fingerprint density at radius 2 is 1.94 bits per heavy atom. The van der Waals surface area contributed by atoms with Crippen molar-refractivity contribution in [2.45, 2.75) is 42.8 Å². The van der Waals surface area contributed by atoms with Crippen LogP contribution in [0.25, 0.3) is 0 Å². The van der Waals surface area contributed by atoms with Crippen LogP contribution in [-0.2, 0) is 23.1 Å². The summed E-state index contributed by atoms with van der Waals surface area (Å²) < 4.78 is 27.8. The van der Waals surface area contributed by atoms with E-state index in [1.807, 2.05) is 30.5 Å². The summed E-state index contributed by atoms with van der Waals surface area (Å²) >= 11 is 1.38. The van der Waals surface area contributed by atoms with Gasteiger partial charge in [-0.25, -0.2) is 18.1 Å². The van der Waals surface area contributed by atoms with E-state index in [9.17, 15) is 18.5 Å². The molecule has 9 nitrogen and oxygen atoms in total. The monoisotopic (exact) mass is 461 g/mol. The SMILES string of the molecule is CC(C)c1nc(CNS(C)(=O)=O)n(Cc2ccncc2)c1Sc1cccc([N+](=O)[O-])c1. The fraction of sp³-hybridized carbons (Fsp3) is 0.300. The van der Waals surface area contributed by atoms with Crippen molar-refractivity contribution >= 4 is 27.5 Å². The number of nitrogens with zero attached hydrogens (tertiary/aromatic N) is 4. The van der Waals surface area contributed by atoms with Crippen LogP contribution in [0.2, 0.25) is 0 Å². The summed E-state index contributed by atoms with van der Waals surface area (Å²) in [5, 5.41) is 12.0. The molecule has 2 heterocycles. The maximum absolute atomic E-state index is 11.7. The molecule has 0 saturated carbocycles. The molecule has 11 heteroatoms. The third-order valence-corrected chi connectivity index (χ3v) is 6.18. The lowest BCUT2D eigenvalue weighted by Crippen LogP contribution is -2.23. The highest BCUT2D eigenvalue weighted by atomic mass is 32.2. The average molecular weight is 462 g/mol. The smallest absolute Gasteiger partial charge is 0.270 e. The molecule has 3 aromatic rings. The number of non-ortho nitro benzene ring substituents is 1. The van der Waals surface area contributed by atoms with Crippen LogP contribution in [0.4, 0.5) is 5.69 Å². The molecule has 0 aliphatic carbocycles. The normalized spacial score (nSPS) is 11.7. The predicted molar refractivity (Wildman–Crippen MR) is 119 cm³/mol. The maximum Gasteiger partial charge on any atom is 0.270 e. The number of nitro groups is 1. The molecule has 0 amide bonds. The third-order valence-electron chi connectivity index (χ3n) is 4.40. The van der Waals surface area contributed by atoms with Crippen LogP contribution >= 0.6 is 11.8 Å². The fourth-order valence-corrected chi connectivity index (χ4v) is 4.53. The zero-order valence-corrected chi connectivity index (χ0v) is 19.0. The molecule has 0 fully saturated rings. The van der Waals surface area contributed by atoms with Crippen molar-refractivity contribution in [1.29, 1.82) is 0 Å². The average Bonchev–Trinajstić information content (AvgIpc) is 3.04. The van der Waals surface area contributed by atoms with Gasteiger partial charge in [-0.1, -0.05) is 31.7 Å². The van der Waals surface area contributed by atoms with Crippen molar-refractivity contribution in [3.63, 3.8) is 0 Å². The molecule has 0 radical (unpaired) electrons. The van der Waals surface area contributed by atoms with E-state index in [0.717, 1.165) is 22.5 Å². The molecule has 0 spiro atoms. The number of sulfonamides is 1. The van der Waals surface area contributed by atoms with Crippen LogP contribution in [0.15, 0.2) is 58.7 Å². The van der Waals surface area contributed by atoms with Crippen molar-refractivity contribution in [3.05, 3.63) is 76.0 Å². The van der Waals surface area contributed by atoms with Crippen LogP contribution in [0.5, 0.6) is 0 Å². The molecular weight excluding hydrogens is 438 g/mol. The van der Waals surface area contributed by atoms with E-state index < -0.39 is 14.9 Å². The molecule has 0 atom stereocenters. The first kappa shape index (κ1) is 22.9. The Labute approximate surface area is 185 Å². The van der Waals surface area contributed by atoms with Crippen molar-refractivity contribution in [1.82, 2.24) is 19.3 Å². The van der Waals surface area contributed by atoms with Gasteiger partial charge in [0.2, 0.25) is 10.0 Å². The highest BCUT2D eigenvalue weighted by Gasteiger charge is 2.22. The van der Waals surface area contributed by atoms with Crippen LogP contribution in [0.1, 0.15) is 36.8 Å². The Morgan fingerprint density at radius 1 is 1.23 bits per heavy atom. The number of hydrogen-bond donors (Lipinski definition) is 1. The van der Waals surface area contributed by atoms with E-state index in [-0.39, 0.29) is 18.2 Å². The van der Waals surface area contributed by atoms with E-state index in [1.54, 1.807) is 24.5 Å². The van der Waals surface area contributed by atoms with Gasteiger partial charge >= 0.3 is 0 Å². The van der Waals surface area contributed by atoms with Crippen molar-refractivity contribution < 1.29 is 13.3 Å². The lowest BCUT2D eigenvalue weighted by atomic mass is 10.1. The summed E-state index contributed by atoms with van der Waals surface area (Å²) in [6, 6.07) is 10.2. The summed E-state index contributed by atoms with van der Waals surface area (Å²) in [7, 11) is -3.40. The quantitative estimate of drug-likeness (QED) is 0.382. The van der Waals surface area contributed by atoms with Gasteiger partial charge in [-0.05, 0) is 29.7 Å². The van der Waals surface area contributed by atoms with E-state index >= 15 is 0 Å². The Bertz CT molecular complexity index is 1180. The first-order valence-corrected chi connectivity index (χ1v) is 12.2. The minimum absolute atomic E-state index is 0.00950. The Morgan fingerprint density at radius 3 is 2.55 bits per heavy atom. The second-order valence-corrected chi connectivity index (χ2v) is 10.2.